The highest BCUT2D eigenvalue weighted by atomic mass is 32.2. The molecule has 4 nitrogen and oxygen atoms in total. The van der Waals surface area contributed by atoms with Crippen molar-refractivity contribution in [2.75, 3.05) is 6.54 Å². The van der Waals surface area contributed by atoms with Gasteiger partial charge in [0, 0.05) is 12.6 Å². The van der Waals surface area contributed by atoms with Gasteiger partial charge in [0.05, 0.1) is 11.5 Å². The summed E-state index contributed by atoms with van der Waals surface area (Å²) in [6, 6.07) is 5.25. The first-order chi connectivity index (χ1) is 9.40. The average molecular weight is 297 g/mol. The highest BCUT2D eigenvalue weighted by Gasteiger charge is 2.36. The Morgan fingerprint density at radius 1 is 1.35 bits per heavy atom. The molecule has 1 aromatic carbocycles. The van der Waals surface area contributed by atoms with Crippen LogP contribution in [0.1, 0.15) is 38.3 Å². The third-order valence-corrected chi connectivity index (χ3v) is 6.07. The average Bonchev–Trinajstić information content (AvgIpc) is 2.77. The summed E-state index contributed by atoms with van der Waals surface area (Å²) in [5.74, 6) is 0.394. The summed E-state index contributed by atoms with van der Waals surface area (Å²) in [6.45, 7) is 6.43. The molecule has 0 bridgehead atoms. The predicted molar refractivity (Wildman–Crippen MR) is 78.9 cm³/mol. The molecule has 0 aromatic heterocycles. The van der Waals surface area contributed by atoms with E-state index in [0.717, 1.165) is 12.0 Å². The largest absolute Gasteiger partial charge is 0.392 e. The zero-order chi connectivity index (χ0) is 14.9. The minimum atomic E-state index is -3.47. The molecule has 1 heterocycles. The standard InChI is InChI=1S/C15H23NO3S/c1-4-14-6-5-13(10-17)8-15(14)20(18,19)16-9-11(2)7-12(16)3/h5-6,8,11-12,17H,4,7,9-10H2,1-3H3. The molecule has 1 aromatic rings. The second-order valence-corrected chi connectivity index (χ2v) is 7.58. The van der Waals surface area contributed by atoms with Gasteiger partial charge in [0.2, 0.25) is 10.0 Å². The monoisotopic (exact) mass is 297 g/mol. The molecule has 0 spiro atoms. The first kappa shape index (κ1) is 15.5. The topological polar surface area (TPSA) is 57.6 Å². The number of benzene rings is 1. The number of aryl methyl sites for hydroxylation is 1. The second kappa shape index (κ2) is 5.84. The van der Waals surface area contributed by atoms with E-state index in [1.54, 1.807) is 16.4 Å². The summed E-state index contributed by atoms with van der Waals surface area (Å²) < 4.78 is 27.4. The Labute approximate surface area is 121 Å². The van der Waals surface area contributed by atoms with Crippen LogP contribution in [-0.4, -0.2) is 30.4 Å². The van der Waals surface area contributed by atoms with Gasteiger partial charge < -0.3 is 5.11 Å². The second-order valence-electron chi connectivity index (χ2n) is 5.72. The quantitative estimate of drug-likeness (QED) is 0.926. The van der Waals surface area contributed by atoms with E-state index in [-0.39, 0.29) is 12.6 Å². The normalized spacial score (nSPS) is 24.2. The molecule has 5 heteroatoms. The number of rotatable bonds is 4. The molecular weight excluding hydrogens is 274 g/mol. The van der Waals surface area contributed by atoms with Crippen LogP contribution in [0.15, 0.2) is 23.1 Å². The van der Waals surface area contributed by atoms with Crippen molar-refractivity contribution in [3.05, 3.63) is 29.3 Å². The lowest BCUT2D eigenvalue weighted by Crippen LogP contribution is -2.34. The Balaban J connectivity index is 2.48. The fraction of sp³-hybridized carbons (Fsp3) is 0.600. The van der Waals surface area contributed by atoms with Gasteiger partial charge in [-0.25, -0.2) is 8.42 Å². The van der Waals surface area contributed by atoms with Gasteiger partial charge in [0.25, 0.3) is 0 Å². The molecule has 2 unspecified atom stereocenters. The SMILES string of the molecule is CCc1ccc(CO)cc1S(=O)(=O)N1CC(C)CC1C. The zero-order valence-electron chi connectivity index (χ0n) is 12.3. The van der Waals surface area contributed by atoms with Crippen LogP contribution in [0.2, 0.25) is 0 Å². The van der Waals surface area contributed by atoms with Gasteiger partial charge in [-0.05, 0) is 42.9 Å². The fourth-order valence-corrected chi connectivity index (χ4v) is 5.06. The first-order valence-corrected chi connectivity index (χ1v) is 8.58. The highest BCUT2D eigenvalue weighted by molar-refractivity contribution is 7.89. The molecule has 0 radical (unpaired) electrons. The third-order valence-electron chi connectivity index (χ3n) is 4.01. The summed E-state index contributed by atoms with van der Waals surface area (Å²) in [4.78, 5) is 0.354. The molecular formula is C15H23NO3S. The van der Waals surface area contributed by atoms with Gasteiger partial charge in [-0.2, -0.15) is 4.31 Å². The molecule has 20 heavy (non-hydrogen) atoms. The molecule has 1 aliphatic heterocycles. The minimum absolute atomic E-state index is 0.0393. The van der Waals surface area contributed by atoms with Crippen LogP contribution < -0.4 is 0 Å². The van der Waals surface area contributed by atoms with E-state index >= 15 is 0 Å². The van der Waals surface area contributed by atoms with Gasteiger partial charge in [-0.3, -0.25) is 0 Å². The van der Waals surface area contributed by atoms with Crippen molar-refractivity contribution in [3.63, 3.8) is 0 Å². The van der Waals surface area contributed by atoms with Gasteiger partial charge >= 0.3 is 0 Å². The van der Waals surface area contributed by atoms with Gasteiger partial charge in [0.15, 0.2) is 0 Å². The number of hydrogen-bond acceptors (Lipinski definition) is 3. The van der Waals surface area contributed by atoms with Gasteiger partial charge in [0.1, 0.15) is 0 Å². The maximum absolute atomic E-state index is 12.9. The predicted octanol–water partition coefficient (Wildman–Crippen LogP) is 2.16. The molecule has 1 N–H and O–H groups in total. The Morgan fingerprint density at radius 2 is 2.05 bits per heavy atom. The number of sulfonamides is 1. The number of hydrogen-bond donors (Lipinski definition) is 1. The molecule has 0 saturated carbocycles. The van der Waals surface area contributed by atoms with Gasteiger partial charge in [-0.1, -0.05) is 26.0 Å². The van der Waals surface area contributed by atoms with Crippen molar-refractivity contribution in [1.29, 1.82) is 0 Å². The molecule has 0 aliphatic carbocycles. The van der Waals surface area contributed by atoms with E-state index < -0.39 is 10.0 Å². The summed E-state index contributed by atoms with van der Waals surface area (Å²) in [6.07, 6.45) is 1.57. The van der Waals surface area contributed by atoms with E-state index in [9.17, 15) is 13.5 Å². The van der Waals surface area contributed by atoms with Crippen molar-refractivity contribution in [3.8, 4) is 0 Å². The summed E-state index contributed by atoms with van der Waals surface area (Å²) in [7, 11) is -3.47. The third kappa shape index (κ3) is 2.75. The van der Waals surface area contributed by atoms with Crippen LogP contribution in [0.5, 0.6) is 0 Å². The zero-order valence-corrected chi connectivity index (χ0v) is 13.2. The lowest BCUT2D eigenvalue weighted by Gasteiger charge is -2.23. The number of nitrogens with zero attached hydrogens (tertiary/aromatic N) is 1. The highest BCUT2D eigenvalue weighted by Crippen LogP contribution is 2.31. The lowest BCUT2D eigenvalue weighted by molar-refractivity contribution is 0.281. The van der Waals surface area contributed by atoms with E-state index in [4.69, 9.17) is 0 Å². The van der Waals surface area contributed by atoms with Crippen molar-refractivity contribution < 1.29 is 13.5 Å². The fourth-order valence-electron chi connectivity index (χ4n) is 2.95. The molecule has 1 fully saturated rings. The summed E-state index contributed by atoms with van der Waals surface area (Å²) in [5, 5.41) is 9.24. The van der Waals surface area contributed by atoms with Crippen LogP contribution in [0.25, 0.3) is 0 Å². The Hall–Kier alpha value is -0.910. The van der Waals surface area contributed by atoms with Crippen LogP contribution >= 0.6 is 0 Å². The van der Waals surface area contributed by atoms with Crippen molar-refractivity contribution in [2.24, 2.45) is 5.92 Å². The Kier molecular flexibility index (Phi) is 4.52. The van der Waals surface area contributed by atoms with Crippen LogP contribution in [-0.2, 0) is 23.1 Å². The van der Waals surface area contributed by atoms with E-state index in [0.29, 0.717) is 29.3 Å². The maximum atomic E-state index is 12.9. The maximum Gasteiger partial charge on any atom is 0.243 e. The van der Waals surface area contributed by atoms with Crippen molar-refractivity contribution >= 4 is 10.0 Å². The smallest absolute Gasteiger partial charge is 0.243 e. The van der Waals surface area contributed by atoms with Crippen LogP contribution in [0, 0.1) is 5.92 Å². The molecule has 2 rings (SSSR count). The summed E-state index contributed by atoms with van der Waals surface area (Å²) in [5.41, 5.74) is 1.45. The lowest BCUT2D eigenvalue weighted by atomic mass is 10.1. The molecule has 1 saturated heterocycles. The first-order valence-electron chi connectivity index (χ1n) is 7.14. The molecule has 1 aliphatic rings. The Bertz CT molecular complexity index is 583. The van der Waals surface area contributed by atoms with Crippen molar-refractivity contribution in [1.82, 2.24) is 4.31 Å². The van der Waals surface area contributed by atoms with E-state index in [1.165, 1.54) is 0 Å². The van der Waals surface area contributed by atoms with E-state index in [2.05, 4.69) is 6.92 Å². The summed E-state index contributed by atoms with van der Waals surface area (Å²) >= 11 is 0. The molecule has 112 valence electrons. The van der Waals surface area contributed by atoms with Crippen LogP contribution in [0.3, 0.4) is 0 Å². The number of aliphatic hydroxyl groups excluding tert-OH is 1. The van der Waals surface area contributed by atoms with Crippen molar-refractivity contribution in [2.45, 2.75) is 51.2 Å². The van der Waals surface area contributed by atoms with Gasteiger partial charge in [-0.15, -0.1) is 0 Å². The minimum Gasteiger partial charge on any atom is -0.392 e. The number of aliphatic hydroxyl groups is 1. The van der Waals surface area contributed by atoms with Crippen LogP contribution in [0.4, 0.5) is 0 Å². The molecule has 0 amide bonds. The Morgan fingerprint density at radius 3 is 2.55 bits per heavy atom. The van der Waals surface area contributed by atoms with E-state index in [1.807, 2.05) is 19.9 Å². The molecule has 2 atom stereocenters.